The van der Waals surface area contributed by atoms with E-state index in [1.807, 2.05) is 31.3 Å². The average molecular weight is 563 g/mol. The van der Waals surface area contributed by atoms with Crippen molar-refractivity contribution in [2.24, 2.45) is 0 Å². The van der Waals surface area contributed by atoms with E-state index in [4.69, 9.17) is 9.47 Å². The molecule has 0 unspecified atom stereocenters. The van der Waals surface area contributed by atoms with Gasteiger partial charge in [-0.2, -0.15) is 0 Å². The van der Waals surface area contributed by atoms with Crippen molar-refractivity contribution in [3.05, 3.63) is 82.3 Å². The van der Waals surface area contributed by atoms with Gasteiger partial charge in [0.15, 0.2) is 0 Å². The second kappa shape index (κ2) is 12.9. The summed E-state index contributed by atoms with van der Waals surface area (Å²) in [5.74, 6) is 1.05. The zero-order valence-corrected chi connectivity index (χ0v) is 24.8. The number of carbonyl (C=O) groups is 1. The summed E-state index contributed by atoms with van der Waals surface area (Å²) in [6, 6.07) is 18.7. The molecule has 2 aliphatic heterocycles. The van der Waals surface area contributed by atoms with Crippen LogP contribution in [0.4, 0.5) is 0 Å². The molecule has 0 bridgehead atoms. The number of hydrogen-bond donors (Lipinski definition) is 1. The van der Waals surface area contributed by atoms with Crippen LogP contribution >= 0.6 is 11.3 Å². The van der Waals surface area contributed by atoms with Gasteiger partial charge < -0.3 is 14.8 Å². The van der Waals surface area contributed by atoms with E-state index in [0.717, 1.165) is 44.9 Å². The zero-order chi connectivity index (χ0) is 28.0. The smallest absolute Gasteiger partial charge is 0.201 e. The van der Waals surface area contributed by atoms with E-state index in [2.05, 4.69) is 69.7 Å². The molecule has 214 valence electrons. The number of aromatic nitrogens is 1. The number of nitrogens with zero attached hydrogens (tertiary/aromatic N) is 3. The molecule has 40 heavy (non-hydrogen) atoms. The summed E-state index contributed by atoms with van der Waals surface area (Å²) < 4.78 is 12.2. The summed E-state index contributed by atoms with van der Waals surface area (Å²) in [7, 11) is 2.00. The molecule has 5 rings (SSSR count). The van der Waals surface area contributed by atoms with Crippen molar-refractivity contribution < 1.29 is 14.3 Å². The summed E-state index contributed by atoms with van der Waals surface area (Å²) in [5.41, 5.74) is 0.873. The first kappa shape index (κ1) is 28.9. The van der Waals surface area contributed by atoms with Crippen LogP contribution < -0.4 is 10.1 Å². The lowest BCUT2D eigenvalue weighted by Crippen LogP contribution is -2.65. The highest BCUT2D eigenvalue weighted by Crippen LogP contribution is 2.39. The average Bonchev–Trinajstić information content (AvgIpc) is 3.50. The summed E-state index contributed by atoms with van der Waals surface area (Å²) in [5, 5.41) is 5.51. The van der Waals surface area contributed by atoms with Gasteiger partial charge in [-0.25, -0.2) is 0 Å². The van der Waals surface area contributed by atoms with E-state index in [0.29, 0.717) is 37.8 Å². The van der Waals surface area contributed by atoms with Gasteiger partial charge >= 0.3 is 0 Å². The van der Waals surface area contributed by atoms with Crippen LogP contribution in [-0.4, -0.2) is 78.1 Å². The first-order valence-corrected chi connectivity index (χ1v) is 15.3. The Kier molecular flexibility index (Phi) is 9.33. The Morgan fingerprint density at radius 3 is 2.67 bits per heavy atom. The molecule has 2 fully saturated rings. The molecule has 2 aromatic heterocycles. The van der Waals surface area contributed by atoms with Crippen molar-refractivity contribution in [1.82, 2.24) is 20.1 Å². The number of ether oxygens (including phenoxy) is 2. The molecule has 0 saturated carbocycles. The number of hydrogen-bond acceptors (Lipinski definition) is 8. The largest absolute Gasteiger partial charge is 0.494 e. The van der Waals surface area contributed by atoms with E-state index in [-0.39, 0.29) is 11.4 Å². The van der Waals surface area contributed by atoms with Crippen molar-refractivity contribution in [2.45, 2.75) is 56.8 Å². The van der Waals surface area contributed by atoms with Gasteiger partial charge in [0.25, 0.3) is 0 Å². The van der Waals surface area contributed by atoms with Crippen LogP contribution in [0.1, 0.15) is 60.1 Å². The lowest BCUT2D eigenvalue weighted by Gasteiger charge is -2.52. The number of benzene rings is 1. The molecular weight excluding hydrogens is 520 g/mol. The highest BCUT2D eigenvalue weighted by atomic mass is 32.1. The van der Waals surface area contributed by atoms with Gasteiger partial charge in [0, 0.05) is 69.3 Å². The minimum absolute atomic E-state index is 0.127. The fraction of sp³-hybridized carbons (Fsp3) is 0.500. The van der Waals surface area contributed by atoms with E-state index in [1.54, 1.807) is 17.5 Å². The first-order valence-electron chi connectivity index (χ1n) is 14.4. The Balaban J connectivity index is 1.18. The van der Waals surface area contributed by atoms with Gasteiger partial charge in [-0.15, -0.1) is 11.3 Å². The van der Waals surface area contributed by atoms with Crippen molar-refractivity contribution in [3.63, 3.8) is 0 Å². The molecule has 0 amide bonds. The topological polar surface area (TPSA) is 66.9 Å². The molecule has 0 radical (unpaired) electrons. The molecule has 2 aliphatic rings. The number of carbonyl (C=O) groups excluding carboxylic acids is 1. The third-order valence-electron chi connectivity index (χ3n) is 8.24. The third-order valence-corrected chi connectivity index (χ3v) is 9.23. The van der Waals surface area contributed by atoms with Crippen molar-refractivity contribution >= 4 is 17.1 Å². The quantitative estimate of drug-likeness (QED) is 0.322. The van der Waals surface area contributed by atoms with Gasteiger partial charge in [0.2, 0.25) is 5.78 Å². The van der Waals surface area contributed by atoms with E-state index < -0.39 is 5.54 Å². The number of ketones is 1. The summed E-state index contributed by atoms with van der Waals surface area (Å²) in [4.78, 5) is 24.6. The fourth-order valence-corrected chi connectivity index (χ4v) is 7.09. The zero-order valence-electron chi connectivity index (χ0n) is 24.0. The summed E-state index contributed by atoms with van der Waals surface area (Å²) in [6.07, 6.45) is 4.01. The Hall–Kier alpha value is -2.62. The highest BCUT2D eigenvalue weighted by molar-refractivity contribution is 7.10. The lowest BCUT2D eigenvalue weighted by molar-refractivity contribution is -0.113. The van der Waals surface area contributed by atoms with Gasteiger partial charge in [-0.3, -0.25) is 19.6 Å². The Bertz CT molecular complexity index is 1230. The molecule has 2 saturated heterocycles. The minimum atomic E-state index is -0.579. The van der Waals surface area contributed by atoms with Gasteiger partial charge in [-0.05, 0) is 68.6 Å². The van der Waals surface area contributed by atoms with Crippen LogP contribution in [0.5, 0.6) is 5.75 Å². The molecule has 4 heterocycles. The standard InChI is InChI=1S/C32H42N4O3S/c1-31(2)24-32(13-20-39-31,30(37)28-10-4-5-14-34-28)36-17-15-35(16-18-36)23-25-8-6-9-26(22-25)38-19-12-27(33-3)29-11-7-21-40-29/h4-11,14,21-22,27,33H,12-13,15-20,23-24H2,1-3H3/t27-,32-/m0/s1. The lowest BCUT2D eigenvalue weighted by atomic mass is 9.75. The predicted octanol–water partition coefficient (Wildman–Crippen LogP) is 5.20. The molecule has 2 atom stereocenters. The van der Waals surface area contributed by atoms with Crippen molar-refractivity contribution in [3.8, 4) is 5.75 Å². The maximum atomic E-state index is 13.9. The normalized spacial score (nSPS) is 22.6. The Morgan fingerprint density at radius 2 is 1.98 bits per heavy atom. The number of Topliss-reactive ketones (excluding diaryl/α,β-unsaturated/α-hetero) is 1. The van der Waals surface area contributed by atoms with Crippen LogP contribution in [0.25, 0.3) is 0 Å². The van der Waals surface area contributed by atoms with Crippen molar-refractivity contribution in [2.75, 3.05) is 46.4 Å². The van der Waals surface area contributed by atoms with Crippen LogP contribution in [0.15, 0.2) is 66.2 Å². The highest BCUT2D eigenvalue weighted by Gasteiger charge is 2.51. The number of piperazine rings is 1. The molecule has 0 spiro atoms. The summed E-state index contributed by atoms with van der Waals surface area (Å²) >= 11 is 1.78. The molecule has 3 aromatic rings. The molecule has 1 aromatic carbocycles. The number of thiophene rings is 1. The van der Waals surface area contributed by atoms with Crippen LogP contribution in [0.3, 0.4) is 0 Å². The minimum Gasteiger partial charge on any atom is -0.494 e. The summed E-state index contributed by atoms with van der Waals surface area (Å²) in [6.45, 7) is 9.83. The van der Waals surface area contributed by atoms with Gasteiger partial charge in [0.05, 0.1) is 17.7 Å². The Morgan fingerprint density at radius 1 is 1.12 bits per heavy atom. The SMILES string of the molecule is CN[C@@H](CCOc1cccc(CN2CCN([C@@]3(C(=O)c4ccccn4)CCOC(C)(C)C3)CC2)c1)c1cccs1. The van der Waals surface area contributed by atoms with Crippen molar-refractivity contribution in [1.29, 1.82) is 0 Å². The monoisotopic (exact) mass is 562 g/mol. The number of nitrogens with one attached hydrogen (secondary N) is 1. The fourth-order valence-electron chi connectivity index (χ4n) is 6.22. The maximum absolute atomic E-state index is 13.9. The first-order chi connectivity index (χ1) is 19.4. The van der Waals surface area contributed by atoms with Gasteiger partial charge in [0.1, 0.15) is 11.4 Å². The van der Waals surface area contributed by atoms with Crippen LogP contribution in [0, 0.1) is 0 Å². The number of rotatable bonds is 11. The number of pyridine rings is 1. The predicted molar refractivity (Wildman–Crippen MR) is 160 cm³/mol. The second-order valence-corrected chi connectivity index (χ2v) is 12.5. The van der Waals surface area contributed by atoms with E-state index >= 15 is 0 Å². The Labute approximate surface area is 242 Å². The van der Waals surface area contributed by atoms with Crippen LogP contribution in [0.2, 0.25) is 0 Å². The molecule has 7 nitrogen and oxygen atoms in total. The van der Waals surface area contributed by atoms with E-state index in [9.17, 15) is 4.79 Å². The third kappa shape index (κ3) is 6.81. The molecule has 8 heteroatoms. The van der Waals surface area contributed by atoms with Gasteiger partial charge in [-0.1, -0.05) is 24.3 Å². The van der Waals surface area contributed by atoms with Crippen LogP contribution in [-0.2, 0) is 11.3 Å². The molecular formula is C32H42N4O3S. The molecule has 1 N–H and O–H groups in total. The van der Waals surface area contributed by atoms with E-state index in [1.165, 1.54) is 10.4 Å². The maximum Gasteiger partial charge on any atom is 0.201 e. The second-order valence-electron chi connectivity index (χ2n) is 11.5. The molecule has 0 aliphatic carbocycles.